The number of rotatable bonds is 3. The Morgan fingerprint density at radius 1 is 1.38 bits per heavy atom. The van der Waals surface area contributed by atoms with E-state index in [2.05, 4.69) is 5.32 Å². The summed E-state index contributed by atoms with van der Waals surface area (Å²) in [6.45, 7) is 5.81. The van der Waals surface area contributed by atoms with Gasteiger partial charge < -0.3 is 10.4 Å². The van der Waals surface area contributed by atoms with Crippen molar-refractivity contribution in [2.24, 2.45) is 0 Å². The molecule has 0 spiro atoms. The molecule has 1 fully saturated rings. The van der Waals surface area contributed by atoms with Crippen molar-refractivity contribution in [1.29, 1.82) is 0 Å². The van der Waals surface area contributed by atoms with Gasteiger partial charge in [0.2, 0.25) is 0 Å². The Morgan fingerprint density at radius 2 is 2.00 bits per heavy atom. The minimum atomic E-state index is -0.949. The number of urea groups is 1. The fourth-order valence-corrected chi connectivity index (χ4v) is 3.87. The third-order valence-corrected chi connectivity index (χ3v) is 5.13. The molecule has 0 aliphatic carbocycles. The number of benzene rings is 1. The van der Waals surface area contributed by atoms with Gasteiger partial charge in [-0.15, -0.1) is 11.8 Å². The summed E-state index contributed by atoms with van der Waals surface area (Å²) in [5, 5.41) is 12.1. The van der Waals surface area contributed by atoms with Gasteiger partial charge in [-0.2, -0.15) is 0 Å². The maximum atomic E-state index is 12.5. The summed E-state index contributed by atoms with van der Waals surface area (Å²) in [5.41, 5.74) is 2.70. The van der Waals surface area contributed by atoms with Crippen molar-refractivity contribution >= 4 is 29.4 Å². The third-order valence-electron chi connectivity index (χ3n) is 3.67. The van der Waals surface area contributed by atoms with Crippen LogP contribution in [0.4, 0.5) is 10.5 Å². The highest BCUT2D eigenvalue weighted by molar-refractivity contribution is 8.00. The number of aryl methyl sites for hydroxylation is 2. The van der Waals surface area contributed by atoms with Gasteiger partial charge in [-0.25, -0.2) is 9.59 Å². The van der Waals surface area contributed by atoms with Crippen molar-refractivity contribution in [1.82, 2.24) is 4.90 Å². The lowest BCUT2D eigenvalue weighted by molar-refractivity contribution is -0.141. The lowest BCUT2D eigenvalue weighted by Crippen LogP contribution is -2.47. The van der Waals surface area contributed by atoms with E-state index >= 15 is 0 Å². The molecule has 1 aromatic carbocycles. The largest absolute Gasteiger partial charge is 0.480 e. The number of carbonyl (C=O) groups excluding carboxylic acids is 1. The van der Waals surface area contributed by atoms with E-state index in [1.165, 1.54) is 16.7 Å². The molecule has 0 radical (unpaired) electrons. The van der Waals surface area contributed by atoms with Crippen LogP contribution in [0.5, 0.6) is 0 Å². The van der Waals surface area contributed by atoms with Gasteiger partial charge in [0.05, 0.1) is 5.37 Å². The summed E-state index contributed by atoms with van der Waals surface area (Å²) >= 11 is 1.52. The number of hydrogen-bond donors (Lipinski definition) is 2. The number of hydrogen-bond acceptors (Lipinski definition) is 3. The maximum Gasteiger partial charge on any atom is 0.327 e. The smallest absolute Gasteiger partial charge is 0.327 e. The Labute approximate surface area is 128 Å². The van der Waals surface area contributed by atoms with Crippen LogP contribution in [0.2, 0.25) is 0 Å². The van der Waals surface area contributed by atoms with Gasteiger partial charge in [0.1, 0.15) is 6.04 Å². The SMILES string of the molecule is CCC1SCC(C(=O)O)N1C(=O)Nc1c(C)cccc1C. The molecule has 1 saturated heterocycles. The van der Waals surface area contributed by atoms with E-state index in [1.807, 2.05) is 39.0 Å². The number of nitrogens with zero attached hydrogens (tertiary/aromatic N) is 1. The van der Waals surface area contributed by atoms with Crippen LogP contribution >= 0.6 is 11.8 Å². The van der Waals surface area contributed by atoms with Gasteiger partial charge in [-0.05, 0) is 31.4 Å². The topological polar surface area (TPSA) is 69.6 Å². The van der Waals surface area contributed by atoms with E-state index in [0.29, 0.717) is 5.75 Å². The van der Waals surface area contributed by atoms with Gasteiger partial charge in [0.25, 0.3) is 0 Å². The summed E-state index contributed by atoms with van der Waals surface area (Å²) in [6, 6.07) is 4.68. The zero-order valence-corrected chi connectivity index (χ0v) is 13.2. The molecular formula is C15H20N2O3S. The Hall–Kier alpha value is -1.69. The Morgan fingerprint density at radius 3 is 2.52 bits per heavy atom. The number of carbonyl (C=O) groups is 2. The van der Waals surface area contributed by atoms with E-state index < -0.39 is 12.0 Å². The molecule has 5 nitrogen and oxygen atoms in total. The summed E-state index contributed by atoms with van der Waals surface area (Å²) in [5.74, 6) is -0.510. The van der Waals surface area contributed by atoms with Gasteiger partial charge in [-0.1, -0.05) is 25.1 Å². The summed E-state index contributed by atoms with van der Waals surface area (Å²) < 4.78 is 0. The molecule has 0 saturated carbocycles. The van der Waals surface area contributed by atoms with Gasteiger partial charge in [0.15, 0.2) is 0 Å². The number of nitrogens with one attached hydrogen (secondary N) is 1. The second-order valence-electron chi connectivity index (χ2n) is 5.15. The van der Waals surface area contributed by atoms with E-state index in [-0.39, 0.29) is 11.4 Å². The number of para-hydroxylation sites is 1. The lowest BCUT2D eigenvalue weighted by Gasteiger charge is -2.27. The standard InChI is InChI=1S/C15H20N2O3S/c1-4-12-17(11(8-21-12)14(18)19)15(20)16-13-9(2)6-5-7-10(13)3/h5-7,11-12H,4,8H2,1-3H3,(H,16,20)(H,18,19). The molecule has 1 aliphatic heterocycles. The van der Waals surface area contributed by atoms with Crippen LogP contribution in [0.1, 0.15) is 24.5 Å². The van der Waals surface area contributed by atoms with E-state index in [0.717, 1.165) is 23.2 Å². The van der Waals surface area contributed by atoms with Crippen LogP contribution < -0.4 is 5.32 Å². The summed E-state index contributed by atoms with van der Waals surface area (Å²) in [7, 11) is 0. The van der Waals surface area contributed by atoms with Crippen LogP contribution in [0.15, 0.2) is 18.2 Å². The minimum absolute atomic E-state index is 0.0876. The first-order valence-corrected chi connectivity index (χ1v) is 8.00. The van der Waals surface area contributed by atoms with Crippen LogP contribution in [-0.2, 0) is 4.79 Å². The number of amides is 2. The lowest BCUT2D eigenvalue weighted by atomic mass is 10.1. The zero-order chi connectivity index (χ0) is 15.6. The molecule has 2 atom stereocenters. The zero-order valence-electron chi connectivity index (χ0n) is 12.4. The number of carboxylic acid groups (broad SMARTS) is 1. The first-order chi connectivity index (χ1) is 9.95. The second kappa shape index (κ2) is 6.39. The molecule has 1 heterocycles. The van der Waals surface area contributed by atoms with Gasteiger partial charge >= 0.3 is 12.0 Å². The van der Waals surface area contributed by atoms with Crippen molar-refractivity contribution < 1.29 is 14.7 Å². The molecule has 6 heteroatoms. The molecular weight excluding hydrogens is 288 g/mol. The predicted octanol–water partition coefficient (Wildman–Crippen LogP) is 3.07. The fraction of sp³-hybridized carbons (Fsp3) is 0.467. The highest BCUT2D eigenvalue weighted by Crippen LogP contribution is 2.32. The van der Waals surface area contributed by atoms with Crippen LogP contribution in [0.3, 0.4) is 0 Å². The Bertz CT molecular complexity index is 542. The normalized spacial score (nSPS) is 21.4. The monoisotopic (exact) mass is 308 g/mol. The van der Waals surface area contributed by atoms with Crippen LogP contribution in [0.25, 0.3) is 0 Å². The molecule has 2 N–H and O–H groups in total. The van der Waals surface area contributed by atoms with Crippen molar-refractivity contribution in [2.75, 3.05) is 11.1 Å². The number of carboxylic acids is 1. The number of anilines is 1. The predicted molar refractivity (Wildman–Crippen MR) is 84.7 cm³/mol. The first-order valence-electron chi connectivity index (χ1n) is 6.95. The highest BCUT2D eigenvalue weighted by atomic mass is 32.2. The molecule has 1 aliphatic rings. The Balaban J connectivity index is 2.23. The van der Waals surface area contributed by atoms with Gasteiger partial charge in [0, 0.05) is 11.4 Å². The summed E-state index contributed by atoms with van der Waals surface area (Å²) in [4.78, 5) is 25.3. The van der Waals surface area contributed by atoms with Crippen molar-refractivity contribution in [2.45, 2.75) is 38.6 Å². The molecule has 1 aromatic rings. The quantitative estimate of drug-likeness (QED) is 0.900. The minimum Gasteiger partial charge on any atom is -0.480 e. The Kier molecular flexibility index (Phi) is 4.77. The van der Waals surface area contributed by atoms with Gasteiger partial charge in [-0.3, -0.25) is 4.90 Å². The van der Waals surface area contributed by atoms with Crippen molar-refractivity contribution in [3.05, 3.63) is 29.3 Å². The average Bonchev–Trinajstić information content (AvgIpc) is 2.87. The molecule has 21 heavy (non-hydrogen) atoms. The molecule has 114 valence electrons. The average molecular weight is 308 g/mol. The molecule has 2 amide bonds. The van der Waals surface area contributed by atoms with Crippen molar-refractivity contribution in [3.8, 4) is 0 Å². The van der Waals surface area contributed by atoms with Crippen LogP contribution in [0, 0.1) is 13.8 Å². The molecule has 2 rings (SSSR count). The van der Waals surface area contributed by atoms with Crippen molar-refractivity contribution in [3.63, 3.8) is 0 Å². The molecule has 0 aromatic heterocycles. The summed E-state index contributed by atoms with van der Waals surface area (Å²) in [6.07, 6.45) is 0.731. The number of thioether (sulfide) groups is 1. The highest BCUT2D eigenvalue weighted by Gasteiger charge is 2.41. The second-order valence-corrected chi connectivity index (χ2v) is 6.37. The molecule has 2 unspecified atom stereocenters. The fourth-order valence-electron chi connectivity index (χ4n) is 2.52. The number of aliphatic carboxylic acids is 1. The van der Waals surface area contributed by atoms with E-state index in [9.17, 15) is 14.7 Å². The first kappa shape index (κ1) is 15.7. The molecule has 0 bridgehead atoms. The maximum absolute atomic E-state index is 12.5. The van der Waals surface area contributed by atoms with Crippen LogP contribution in [-0.4, -0.2) is 39.2 Å². The third kappa shape index (κ3) is 3.15. The van der Waals surface area contributed by atoms with E-state index in [1.54, 1.807) is 0 Å². The van der Waals surface area contributed by atoms with E-state index in [4.69, 9.17) is 0 Å².